The number of rotatable bonds is 6. The average molecular weight is 539 g/mol. The lowest BCUT2D eigenvalue weighted by atomic mass is 9.97. The van der Waals surface area contributed by atoms with Crippen molar-refractivity contribution in [2.24, 2.45) is 5.41 Å². The first-order chi connectivity index (χ1) is 17.9. The van der Waals surface area contributed by atoms with E-state index in [4.69, 9.17) is 14.7 Å². The van der Waals surface area contributed by atoms with Gasteiger partial charge in [0.15, 0.2) is 21.5 Å². The number of hydrogen-bond acceptors (Lipinski definition) is 8. The molecule has 2 N–H and O–H groups in total. The number of sulfone groups is 1. The SMILES string of the molecule is CC1COCCN1c1nc(-c2ccc(NC(=O)NCC(C)(C)C)cc2)nc(-c2ccccc2S(C)(=O)=O)n1. The van der Waals surface area contributed by atoms with Crippen LogP contribution in [0.4, 0.5) is 16.4 Å². The van der Waals surface area contributed by atoms with Crippen LogP contribution in [-0.4, -0.2) is 68.0 Å². The van der Waals surface area contributed by atoms with Gasteiger partial charge in [0.1, 0.15) is 0 Å². The van der Waals surface area contributed by atoms with E-state index in [-0.39, 0.29) is 28.2 Å². The summed E-state index contributed by atoms with van der Waals surface area (Å²) in [5.74, 6) is 1.12. The minimum atomic E-state index is -3.52. The highest BCUT2D eigenvalue weighted by atomic mass is 32.2. The molecule has 1 fully saturated rings. The van der Waals surface area contributed by atoms with Gasteiger partial charge in [0.2, 0.25) is 5.95 Å². The van der Waals surface area contributed by atoms with Crippen LogP contribution in [0.2, 0.25) is 0 Å². The number of nitrogens with zero attached hydrogens (tertiary/aromatic N) is 4. The second kappa shape index (κ2) is 11.0. The summed E-state index contributed by atoms with van der Waals surface area (Å²) < 4.78 is 30.6. The molecule has 2 aromatic carbocycles. The van der Waals surface area contributed by atoms with Crippen LogP contribution in [0.5, 0.6) is 0 Å². The first-order valence-electron chi connectivity index (χ1n) is 12.5. The highest BCUT2D eigenvalue weighted by Crippen LogP contribution is 2.29. The van der Waals surface area contributed by atoms with Crippen LogP contribution in [0, 0.1) is 5.41 Å². The molecule has 2 amide bonds. The van der Waals surface area contributed by atoms with E-state index in [1.807, 2.05) is 44.7 Å². The number of hydrogen-bond donors (Lipinski definition) is 2. The van der Waals surface area contributed by atoms with Gasteiger partial charge in [-0.1, -0.05) is 32.9 Å². The van der Waals surface area contributed by atoms with E-state index < -0.39 is 9.84 Å². The minimum absolute atomic E-state index is 0.0248. The van der Waals surface area contributed by atoms with Gasteiger partial charge in [0.05, 0.1) is 24.2 Å². The van der Waals surface area contributed by atoms with Crippen molar-refractivity contribution in [1.29, 1.82) is 0 Å². The van der Waals surface area contributed by atoms with Gasteiger partial charge in [-0.3, -0.25) is 0 Å². The molecule has 1 atom stereocenters. The summed E-state index contributed by atoms with van der Waals surface area (Å²) in [7, 11) is -3.52. The second-order valence-electron chi connectivity index (χ2n) is 10.6. The van der Waals surface area contributed by atoms with Crippen LogP contribution >= 0.6 is 0 Å². The van der Waals surface area contributed by atoms with E-state index in [1.54, 1.807) is 36.4 Å². The Labute approximate surface area is 223 Å². The number of anilines is 2. The van der Waals surface area contributed by atoms with Gasteiger partial charge in [-0.2, -0.15) is 9.97 Å². The van der Waals surface area contributed by atoms with Crippen LogP contribution in [-0.2, 0) is 14.6 Å². The highest BCUT2D eigenvalue weighted by Gasteiger charge is 2.25. The lowest BCUT2D eigenvalue weighted by molar-refractivity contribution is 0.0981. The molecule has 202 valence electrons. The van der Waals surface area contributed by atoms with Gasteiger partial charge in [0, 0.05) is 36.2 Å². The molecule has 2 heterocycles. The summed E-state index contributed by atoms with van der Waals surface area (Å²) in [6, 6.07) is 13.6. The highest BCUT2D eigenvalue weighted by molar-refractivity contribution is 7.90. The number of morpholine rings is 1. The van der Waals surface area contributed by atoms with Gasteiger partial charge in [-0.25, -0.2) is 18.2 Å². The minimum Gasteiger partial charge on any atom is -0.377 e. The van der Waals surface area contributed by atoms with Crippen molar-refractivity contribution >= 4 is 27.5 Å². The number of carbonyl (C=O) groups excluding carboxylic acids is 1. The Morgan fingerprint density at radius 1 is 1.05 bits per heavy atom. The molecule has 3 aromatic rings. The lowest BCUT2D eigenvalue weighted by Gasteiger charge is -2.33. The van der Waals surface area contributed by atoms with Crippen molar-refractivity contribution in [3.8, 4) is 22.8 Å². The molecule has 0 bridgehead atoms. The largest absolute Gasteiger partial charge is 0.377 e. The monoisotopic (exact) mass is 538 g/mol. The molecule has 0 spiro atoms. The molecular formula is C27H34N6O4S. The molecular weight excluding hydrogens is 504 g/mol. The Morgan fingerprint density at radius 2 is 1.74 bits per heavy atom. The van der Waals surface area contributed by atoms with E-state index in [9.17, 15) is 13.2 Å². The fraction of sp³-hybridized carbons (Fsp3) is 0.407. The first-order valence-corrected chi connectivity index (χ1v) is 14.3. The molecule has 1 aromatic heterocycles. The molecule has 1 saturated heterocycles. The average Bonchev–Trinajstić information content (AvgIpc) is 2.87. The summed E-state index contributed by atoms with van der Waals surface area (Å²) in [5, 5.41) is 5.69. The fourth-order valence-electron chi connectivity index (χ4n) is 3.97. The maximum Gasteiger partial charge on any atom is 0.319 e. The van der Waals surface area contributed by atoms with Crippen LogP contribution in [0.3, 0.4) is 0 Å². The summed E-state index contributed by atoms with van der Waals surface area (Å²) in [5.41, 5.74) is 1.71. The van der Waals surface area contributed by atoms with Gasteiger partial charge < -0.3 is 20.3 Å². The Kier molecular flexibility index (Phi) is 7.98. The topological polar surface area (TPSA) is 126 Å². The number of carbonyl (C=O) groups is 1. The predicted octanol–water partition coefficient (Wildman–Crippen LogP) is 4.00. The smallest absolute Gasteiger partial charge is 0.319 e. The Balaban J connectivity index is 1.70. The fourth-order valence-corrected chi connectivity index (χ4v) is 4.85. The van der Waals surface area contributed by atoms with Crippen molar-refractivity contribution in [2.45, 2.75) is 38.6 Å². The van der Waals surface area contributed by atoms with Crippen molar-refractivity contribution in [2.75, 3.05) is 42.8 Å². The molecule has 11 heteroatoms. The van der Waals surface area contributed by atoms with Crippen LogP contribution in [0.1, 0.15) is 27.7 Å². The standard InChI is InChI=1S/C27H34N6O4S/c1-18-16-37-15-14-33(18)25-31-23(30-24(32-25)21-8-6-7-9-22(21)38(5,35)36)19-10-12-20(13-11-19)29-26(34)28-17-27(2,3)4/h6-13,18H,14-17H2,1-5H3,(H2,28,29,34). The summed E-state index contributed by atoms with van der Waals surface area (Å²) in [6.45, 7) is 10.4. The van der Waals surface area contributed by atoms with Crippen molar-refractivity contribution < 1.29 is 17.9 Å². The van der Waals surface area contributed by atoms with E-state index in [0.717, 1.165) is 0 Å². The van der Waals surface area contributed by atoms with E-state index in [0.29, 0.717) is 54.9 Å². The van der Waals surface area contributed by atoms with Crippen LogP contribution in [0.15, 0.2) is 53.4 Å². The Bertz CT molecular complexity index is 1400. The van der Waals surface area contributed by atoms with Gasteiger partial charge in [-0.05, 0) is 48.7 Å². The van der Waals surface area contributed by atoms with E-state index in [2.05, 4.69) is 15.6 Å². The number of amides is 2. The third-order valence-electron chi connectivity index (χ3n) is 5.96. The van der Waals surface area contributed by atoms with E-state index in [1.165, 1.54) is 6.26 Å². The lowest BCUT2D eigenvalue weighted by Crippen LogP contribution is -2.44. The normalized spacial score (nSPS) is 16.2. The zero-order valence-electron chi connectivity index (χ0n) is 22.4. The molecule has 0 radical (unpaired) electrons. The van der Waals surface area contributed by atoms with Crippen LogP contribution in [0.25, 0.3) is 22.8 Å². The van der Waals surface area contributed by atoms with E-state index >= 15 is 0 Å². The molecule has 0 aliphatic carbocycles. The van der Waals surface area contributed by atoms with Gasteiger partial charge >= 0.3 is 6.03 Å². The van der Waals surface area contributed by atoms with Crippen molar-refractivity contribution in [1.82, 2.24) is 20.3 Å². The quantitative estimate of drug-likeness (QED) is 0.482. The number of urea groups is 1. The molecule has 0 saturated carbocycles. The summed E-state index contributed by atoms with van der Waals surface area (Å²) in [6.07, 6.45) is 1.17. The molecule has 1 aliphatic heterocycles. The zero-order valence-corrected chi connectivity index (χ0v) is 23.2. The van der Waals surface area contributed by atoms with Gasteiger partial charge in [-0.15, -0.1) is 0 Å². The third-order valence-corrected chi connectivity index (χ3v) is 7.11. The van der Waals surface area contributed by atoms with Crippen molar-refractivity contribution in [3.63, 3.8) is 0 Å². The predicted molar refractivity (Wildman–Crippen MR) is 148 cm³/mol. The number of ether oxygens (including phenoxy) is 1. The summed E-state index contributed by atoms with van der Waals surface area (Å²) >= 11 is 0. The molecule has 4 rings (SSSR count). The maximum atomic E-state index is 12.5. The molecule has 1 aliphatic rings. The Morgan fingerprint density at radius 3 is 2.39 bits per heavy atom. The zero-order chi connectivity index (χ0) is 27.5. The Hall–Kier alpha value is -3.57. The molecule has 1 unspecified atom stereocenters. The van der Waals surface area contributed by atoms with Crippen molar-refractivity contribution in [3.05, 3.63) is 48.5 Å². The van der Waals surface area contributed by atoms with Gasteiger partial charge in [0.25, 0.3) is 0 Å². The maximum absolute atomic E-state index is 12.5. The first kappa shape index (κ1) is 27.5. The summed E-state index contributed by atoms with van der Waals surface area (Å²) in [4.78, 5) is 28.6. The second-order valence-corrected chi connectivity index (χ2v) is 12.6. The van der Waals surface area contributed by atoms with Crippen LogP contribution < -0.4 is 15.5 Å². The number of benzene rings is 2. The molecule has 10 nitrogen and oxygen atoms in total. The third kappa shape index (κ3) is 6.84. The number of nitrogens with one attached hydrogen (secondary N) is 2. The number of aromatic nitrogens is 3. The molecule has 38 heavy (non-hydrogen) atoms.